The minimum absolute atomic E-state index is 0.0346. The van der Waals surface area contributed by atoms with Gasteiger partial charge in [-0.15, -0.1) is 0 Å². The van der Waals surface area contributed by atoms with E-state index < -0.39 is 6.04 Å². The first-order chi connectivity index (χ1) is 13.9. The van der Waals surface area contributed by atoms with Crippen molar-refractivity contribution >= 4 is 27.7 Å². The molecule has 0 heterocycles. The van der Waals surface area contributed by atoms with E-state index in [9.17, 15) is 9.59 Å². The average molecular weight is 457 g/mol. The minimum atomic E-state index is -0.517. The Kier molecular flexibility index (Phi) is 7.48. The van der Waals surface area contributed by atoms with Crippen molar-refractivity contribution in [3.05, 3.63) is 69.7 Å². The molecule has 1 aliphatic carbocycles. The number of hydrogen-bond donors (Lipinski definition) is 1. The van der Waals surface area contributed by atoms with Gasteiger partial charge in [0, 0.05) is 17.1 Å². The molecule has 2 aromatic carbocycles. The van der Waals surface area contributed by atoms with Gasteiger partial charge in [-0.25, -0.2) is 0 Å². The highest BCUT2D eigenvalue weighted by molar-refractivity contribution is 9.10. The summed E-state index contributed by atoms with van der Waals surface area (Å²) in [4.78, 5) is 27.8. The maximum Gasteiger partial charge on any atom is 0.242 e. The van der Waals surface area contributed by atoms with Gasteiger partial charge >= 0.3 is 0 Å². The number of rotatable bonds is 7. The molecule has 1 saturated carbocycles. The molecule has 2 aromatic rings. The van der Waals surface area contributed by atoms with Crippen LogP contribution in [0.4, 0.5) is 0 Å². The van der Waals surface area contributed by atoms with Crippen LogP contribution in [0.1, 0.15) is 49.3 Å². The molecule has 154 valence electrons. The number of aryl methyl sites for hydroxylation is 1. The van der Waals surface area contributed by atoms with E-state index in [2.05, 4.69) is 21.2 Å². The molecular weight excluding hydrogens is 428 g/mol. The Labute approximate surface area is 181 Å². The van der Waals surface area contributed by atoms with Crippen LogP contribution in [0.2, 0.25) is 0 Å². The highest BCUT2D eigenvalue weighted by atomic mass is 79.9. The van der Waals surface area contributed by atoms with Crippen LogP contribution >= 0.6 is 15.9 Å². The number of carbonyl (C=O) groups excluding carboxylic acids is 2. The highest BCUT2D eigenvalue weighted by Gasteiger charge is 2.28. The van der Waals surface area contributed by atoms with E-state index in [1.165, 1.54) is 0 Å². The van der Waals surface area contributed by atoms with Gasteiger partial charge in [0.15, 0.2) is 0 Å². The zero-order valence-corrected chi connectivity index (χ0v) is 18.7. The Bertz CT molecular complexity index is 844. The first kappa shape index (κ1) is 21.6. The number of halogens is 1. The molecule has 0 aliphatic heterocycles. The number of hydrogen-bond acceptors (Lipinski definition) is 2. The first-order valence-corrected chi connectivity index (χ1v) is 11.1. The summed E-state index contributed by atoms with van der Waals surface area (Å²) < 4.78 is 0.992. The third-order valence-corrected chi connectivity index (χ3v) is 6.10. The van der Waals surface area contributed by atoms with Crippen LogP contribution in [0.15, 0.2) is 53.0 Å². The van der Waals surface area contributed by atoms with Gasteiger partial charge in [-0.05, 0) is 49.9 Å². The molecule has 0 bridgehead atoms. The largest absolute Gasteiger partial charge is 0.352 e. The summed E-state index contributed by atoms with van der Waals surface area (Å²) in [6.45, 7) is 4.26. The molecule has 5 heteroatoms. The van der Waals surface area contributed by atoms with Gasteiger partial charge in [-0.1, -0.05) is 70.7 Å². The lowest BCUT2D eigenvalue weighted by molar-refractivity contribution is -0.140. The fourth-order valence-electron chi connectivity index (χ4n) is 3.86. The SMILES string of the molecule is Cc1cccc(CC(=O)N(Cc2ccc(Br)cc2)[C@H](C)C(=O)NC2CCCC2)c1. The molecule has 0 aromatic heterocycles. The summed E-state index contributed by atoms with van der Waals surface area (Å²) in [6, 6.07) is 15.6. The lowest BCUT2D eigenvalue weighted by Crippen LogP contribution is -2.50. The fraction of sp³-hybridized carbons (Fsp3) is 0.417. The number of carbonyl (C=O) groups is 2. The summed E-state index contributed by atoms with van der Waals surface area (Å²) in [5.41, 5.74) is 3.10. The van der Waals surface area contributed by atoms with Crippen LogP contribution in [0.3, 0.4) is 0 Å². The van der Waals surface area contributed by atoms with Crippen LogP contribution in [0.25, 0.3) is 0 Å². The van der Waals surface area contributed by atoms with Crippen molar-refractivity contribution in [1.82, 2.24) is 10.2 Å². The van der Waals surface area contributed by atoms with E-state index in [1.807, 2.05) is 62.4 Å². The topological polar surface area (TPSA) is 49.4 Å². The molecule has 2 amide bonds. The van der Waals surface area contributed by atoms with Crippen LogP contribution < -0.4 is 5.32 Å². The third kappa shape index (κ3) is 6.17. The molecule has 0 radical (unpaired) electrons. The average Bonchev–Trinajstić information content (AvgIpc) is 3.20. The molecule has 0 saturated heterocycles. The zero-order valence-electron chi connectivity index (χ0n) is 17.2. The van der Waals surface area contributed by atoms with Gasteiger partial charge in [0.1, 0.15) is 6.04 Å². The Morgan fingerprint density at radius 1 is 1.10 bits per heavy atom. The highest BCUT2D eigenvalue weighted by Crippen LogP contribution is 2.19. The van der Waals surface area contributed by atoms with Crippen molar-refractivity contribution in [3.8, 4) is 0 Å². The molecule has 29 heavy (non-hydrogen) atoms. The molecule has 0 unspecified atom stereocenters. The molecular formula is C24H29BrN2O2. The van der Waals surface area contributed by atoms with E-state index in [-0.39, 0.29) is 17.9 Å². The summed E-state index contributed by atoms with van der Waals surface area (Å²) in [5, 5.41) is 3.14. The lowest BCUT2D eigenvalue weighted by Gasteiger charge is -2.30. The van der Waals surface area contributed by atoms with E-state index >= 15 is 0 Å². The van der Waals surface area contributed by atoms with Crippen molar-refractivity contribution in [2.45, 2.75) is 64.6 Å². The Hall–Kier alpha value is -2.14. The van der Waals surface area contributed by atoms with Crippen molar-refractivity contribution in [2.24, 2.45) is 0 Å². The van der Waals surface area contributed by atoms with Gasteiger partial charge in [0.05, 0.1) is 6.42 Å². The van der Waals surface area contributed by atoms with E-state index in [4.69, 9.17) is 0 Å². The monoisotopic (exact) mass is 456 g/mol. The summed E-state index contributed by atoms with van der Waals surface area (Å²) in [6.07, 6.45) is 4.67. The predicted molar refractivity (Wildman–Crippen MR) is 119 cm³/mol. The number of amides is 2. The molecule has 0 spiro atoms. The number of benzene rings is 2. The van der Waals surface area contributed by atoms with Crippen LogP contribution in [0.5, 0.6) is 0 Å². The fourth-order valence-corrected chi connectivity index (χ4v) is 4.12. The van der Waals surface area contributed by atoms with Crippen LogP contribution in [-0.2, 0) is 22.6 Å². The van der Waals surface area contributed by atoms with Crippen molar-refractivity contribution in [3.63, 3.8) is 0 Å². The third-order valence-electron chi connectivity index (χ3n) is 5.57. The molecule has 4 nitrogen and oxygen atoms in total. The second kappa shape index (κ2) is 10.1. The van der Waals surface area contributed by atoms with Gasteiger partial charge in [-0.3, -0.25) is 9.59 Å². The Morgan fingerprint density at radius 3 is 2.45 bits per heavy atom. The second-order valence-electron chi connectivity index (χ2n) is 7.98. The maximum absolute atomic E-state index is 13.2. The van der Waals surface area contributed by atoms with Crippen LogP contribution in [0, 0.1) is 6.92 Å². The van der Waals surface area contributed by atoms with Crippen molar-refractivity contribution < 1.29 is 9.59 Å². The quantitative estimate of drug-likeness (QED) is 0.651. The van der Waals surface area contributed by atoms with Gasteiger partial charge in [0.2, 0.25) is 11.8 Å². The first-order valence-electron chi connectivity index (χ1n) is 10.3. The van der Waals surface area contributed by atoms with E-state index in [0.717, 1.165) is 46.8 Å². The second-order valence-corrected chi connectivity index (χ2v) is 8.90. The van der Waals surface area contributed by atoms with Gasteiger partial charge < -0.3 is 10.2 Å². The Balaban J connectivity index is 1.76. The van der Waals surface area contributed by atoms with Gasteiger partial charge in [0.25, 0.3) is 0 Å². The Morgan fingerprint density at radius 2 is 1.79 bits per heavy atom. The van der Waals surface area contributed by atoms with Crippen LogP contribution in [-0.4, -0.2) is 28.8 Å². The molecule has 1 aliphatic rings. The summed E-state index contributed by atoms with van der Waals surface area (Å²) in [5.74, 6) is -0.0980. The molecule has 3 rings (SSSR count). The minimum Gasteiger partial charge on any atom is -0.352 e. The zero-order chi connectivity index (χ0) is 20.8. The summed E-state index contributed by atoms with van der Waals surface area (Å²) in [7, 11) is 0. The molecule has 1 N–H and O–H groups in total. The summed E-state index contributed by atoms with van der Waals surface area (Å²) >= 11 is 3.45. The molecule has 1 atom stereocenters. The normalized spacial score (nSPS) is 15.1. The predicted octanol–water partition coefficient (Wildman–Crippen LogP) is 4.78. The van der Waals surface area contributed by atoms with E-state index in [1.54, 1.807) is 4.90 Å². The van der Waals surface area contributed by atoms with Crippen molar-refractivity contribution in [2.75, 3.05) is 0 Å². The lowest BCUT2D eigenvalue weighted by atomic mass is 10.1. The number of nitrogens with one attached hydrogen (secondary N) is 1. The van der Waals surface area contributed by atoms with E-state index in [0.29, 0.717) is 13.0 Å². The smallest absolute Gasteiger partial charge is 0.242 e. The molecule has 1 fully saturated rings. The standard InChI is InChI=1S/C24H29BrN2O2/c1-17-6-5-7-20(14-17)15-23(28)27(16-19-10-12-21(25)13-11-19)18(2)24(29)26-22-8-3-4-9-22/h5-7,10-14,18,22H,3-4,8-9,15-16H2,1-2H3,(H,26,29)/t18-/m1/s1. The van der Waals surface area contributed by atoms with Crippen molar-refractivity contribution in [1.29, 1.82) is 0 Å². The maximum atomic E-state index is 13.2. The number of nitrogens with zero attached hydrogens (tertiary/aromatic N) is 1. The van der Waals surface area contributed by atoms with Gasteiger partial charge in [-0.2, -0.15) is 0 Å².